The van der Waals surface area contributed by atoms with E-state index in [2.05, 4.69) is 184 Å². The molecular weight excluding hydrogens is 705 g/mol. The van der Waals surface area contributed by atoms with Crippen LogP contribution in [0.4, 0.5) is 0 Å². The molecule has 0 N–H and O–H groups in total. The van der Waals surface area contributed by atoms with Gasteiger partial charge in [0, 0.05) is 16.5 Å². The molecule has 55 heavy (non-hydrogen) atoms. The molecular formula is C51H34N2S2. The van der Waals surface area contributed by atoms with E-state index < -0.39 is 0 Å². The van der Waals surface area contributed by atoms with Gasteiger partial charge in [0.1, 0.15) is 10.0 Å². The number of rotatable bonds is 5. The van der Waals surface area contributed by atoms with Crippen LogP contribution in [0, 0.1) is 0 Å². The predicted octanol–water partition coefficient (Wildman–Crippen LogP) is 14.7. The Balaban J connectivity index is 1.01. The summed E-state index contributed by atoms with van der Waals surface area (Å²) in [5.41, 5.74) is 16.9. The lowest BCUT2D eigenvalue weighted by Gasteiger charge is -2.22. The van der Waals surface area contributed by atoms with Crippen LogP contribution in [0.1, 0.15) is 25.0 Å². The Morgan fingerprint density at radius 3 is 1.35 bits per heavy atom. The number of aromatic nitrogens is 2. The largest absolute Gasteiger partial charge is 0.236 e. The van der Waals surface area contributed by atoms with Crippen LogP contribution in [0.25, 0.3) is 96.9 Å². The number of benzene rings is 8. The number of nitrogens with zero attached hydrogens (tertiary/aromatic N) is 2. The topological polar surface area (TPSA) is 25.8 Å². The molecule has 0 fully saturated rings. The Labute approximate surface area is 328 Å². The van der Waals surface area contributed by atoms with Crippen molar-refractivity contribution in [3.8, 4) is 65.6 Å². The maximum absolute atomic E-state index is 4.92. The first-order chi connectivity index (χ1) is 26.9. The second kappa shape index (κ2) is 12.4. The van der Waals surface area contributed by atoms with Gasteiger partial charge in [0.05, 0.1) is 20.4 Å². The molecule has 0 spiro atoms. The summed E-state index contributed by atoms with van der Waals surface area (Å²) >= 11 is 3.49. The maximum atomic E-state index is 4.92. The SMILES string of the molecule is CC1(C)c2cc(-c3cc(-c4ccc(-c5nc6ccccc6s5)cc4)cc(-c4ccc(-c5nc6ccccc6s5)cc4)c3)ccc2-c2cc3ccccc3cc21. The summed E-state index contributed by atoms with van der Waals surface area (Å²) in [6, 6.07) is 62.2. The van der Waals surface area contributed by atoms with Gasteiger partial charge >= 0.3 is 0 Å². The van der Waals surface area contributed by atoms with E-state index in [0.29, 0.717) is 0 Å². The molecule has 0 atom stereocenters. The molecule has 0 aliphatic heterocycles. The van der Waals surface area contributed by atoms with Gasteiger partial charge in [0.25, 0.3) is 0 Å². The zero-order chi connectivity index (χ0) is 36.7. The molecule has 2 aromatic heterocycles. The van der Waals surface area contributed by atoms with Crippen LogP contribution < -0.4 is 0 Å². The number of para-hydroxylation sites is 2. The van der Waals surface area contributed by atoms with Crippen molar-refractivity contribution in [2.45, 2.75) is 19.3 Å². The van der Waals surface area contributed by atoms with E-state index in [1.54, 1.807) is 22.7 Å². The monoisotopic (exact) mass is 738 g/mol. The number of hydrogen-bond acceptors (Lipinski definition) is 4. The molecule has 0 saturated heterocycles. The summed E-state index contributed by atoms with van der Waals surface area (Å²) in [5.74, 6) is 0. The van der Waals surface area contributed by atoms with Gasteiger partial charge in [0.2, 0.25) is 0 Å². The fourth-order valence-corrected chi connectivity index (χ4v) is 10.3. The van der Waals surface area contributed by atoms with Crippen LogP contribution in [0.5, 0.6) is 0 Å². The second-order valence-electron chi connectivity index (χ2n) is 15.1. The molecule has 2 heterocycles. The molecule has 0 bridgehead atoms. The molecule has 0 saturated carbocycles. The highest BCUT2D eigenvalue weighted by atomic mass is 32.1. The van der Waals surface area contributed by atoms with E-state index in [9.17, 15) is 0 Å². The first kappa shape index (κ1) is 32.2. The Kier molecular flexibility index (Phi) is 7.28. The fraction of sp³-hybridized carbons (Fsp3) is 0.0588. The Hall–Kier alpha value is -6.20. The third-order valence-corrected chi connectivity index (χ3v) is 13.5. The van der Waals surface area contributed by atoms with Crippen LogP contribution >= 0.6 is 22.7 Å². The first-order valence-corrected chi connectivity index (χ1v) is 20.3. The van der Waals surface area contributed by atoms with Gasteiger partial charge in [-0.05, 0) is 127 Å². The zero-order valence-corrected chi connectivity index (χ0v) is 32.0. The smallest absolute Gasteiger partial charge is 0.124 e. The summed E-state index contributed by atoms with van der Waals surface area (Å²) in [6.45, 7) is 4.75. The number of fused-ring (bicyclic) bond motifs is 6. The average Bonchev–Trinajstić information content (AvgIpc) is 3.93. The van der Waals surface area contributed by atoms with Crippen molar-refractivity contribution in [2.75, 3.05) is 0 Å². The number of thiazole rings is 2. The van der Waals surface area contributed by atoms with E-state index in [-0.39, 0.29) is 5.41 Å². The summed E-state index contributed by atoms with van der Waals surface area (Å²) in [6.07, 6.45) is 0. The molecule has 11 rings (SSSR count). The maximum Gasteiger partial charge on any atom is 0.124 e. The Morgan fingerprint density at radius 1 is 0.364 bits per heavy atom. The zero-order valence-electron chi connectivity index (χ0n) is 30.4. The molecule has 8 aromatic carbocycles. The van der Waals surface area contributed by atoms with Gasteiger partial charge in [-0.2, -0.15) is 0 Å². The van der Waals surface area contributed by atoms with E-state index in [4.69, 9.17) is 9.97 Å². The van der Waals surface area contributed by atoms with Gasteiger partial charge in [-0.15, -0.1) is 22.7 Å². The van der Waals surface area contributed by atoms with E-state index in [1.807, 2.05) is 0 Å². The molecule has 1 aliphatic rings. The highest BCUT2D eigenvalue weighted by Gasteiger charge is 2.36. The normalized spacial score (nSPS) is 13.1. The minimum atomic E-state index is -0.113. The molecule has 2 nitrogen and oxygen atoms in total. The minimum absolute atomic E-state index is 0.113. The van der Waals surface area contributed by atoms with Gasteiger partial charge in [-0.3, -0.25) is 0 Å². The molecule has 260 valence electrons. The highest BCUT2D eigenvalue weighted by Crippen LogP contribution is 2.51. The summed E-state index contributed by atoms with van der Waals surface area (Å²) in [4.78, 5) is 9.84. The molecule has 0 radical (unpaired) electrons. The van der Waals surface area contributed by atoms with Crippen LogP contribution in [0.2, 0.25) is 0 Å². The van der Waals surface area contributed by atoms with Crippen molar-refractivity contribution in [3.05, 3.63) is 181 Å². The minimum Gasteiger partial charge on any atom is -0.236 e. The van der Waals surface area contributed by atoms with Crippen molar-refractivity contribution < 1.29 is 0 Å². The molecule has 4 heteroatoms. The van der Waals surface area contributed by atoms with Crippen molar-refractivity contribution in [1.29, 1.82) is 0 Å². The van der Waals surface area contributed by atoms with E-state index in [0.717, 1.165) is 32.2 Å². The lowest BCUT2D eigenvalue weighted by Crippen LogP contribution is -2.15. The Bertz CT molecular complexity index is 2910. The van der Waals surface area contributed by atoms with Crippen LogP contribution in [-0.4, -0.2) is 9.97 Å². The summed E-state index contributed by atoms with van der Waals surface area (Å²) < 4.78 is 2.42. The average molecular weight is 739 g/mol. The van der Waals surface area contributed by atoms with Gasteiger partial charge < -0.3 is 0 Å². The fourth-order valence-electron chi connectivity index (χ4n) is 8.33. The van der Waals surface area contributed by atoms with Crippen LogP contribution in [0.15, 0.2) is 170 Å². The third kappa shape index (κ3) is 5.44. The van der Waals surface area contributed by atoms with Crippen molar-refractivity contribution in [2.24, 2.45) is 0 Å². The lowest BCUT2D eigenvalue weighted by atomic mass is 9.81. The Morgan fingerprint density at radius 2 is 0.800 bits per heavy atom. The summed E-state index contributed by atoms with van der Waals surface area (Å²) in [7, 11) is 0. The lowest BCUT2D eigenvalue weighted by molar-refractivity contribution is 0.661. The van der Waals surface area contributed by atoms with Crippen molar-refractivity contribution in [1.82, 2.24) is 9.97 Å². The second-order valence-corrected chi connectivity index (χ2v) is 17.1. The van der Waals surface area contributed by atoms with E-state index >= 15 is 0 Å². The third-order valence-electron chi connectivity index (χ3n) is 11.3. The van der Waals surface area contributed by atoms with Gasteiger partial charge in [0.15, 0.2) is 0 Å². The molecule has 0 amide bonds. The number of hydrogen-bond donors (Lipinski definition) is 0. The van der Waals surface area contributed by atoms with E-state index in [1.165, 1.54) is 75.8 Å². The first-order valence-electron chi connectivity index (χ1n) is 18.7. The standard InChI is InChI=1S/C51H34N2S2/c1-51(2)43-30-37(23-24-41(43)42-28-35-9-3-4-10-36(35)29-44(42)51)40-26-38(31-15-19-33(20-16-31)49-52-45-11-5-7-13-47(45)54-49)25-39(27-40)32-17-21-34(22-18-32)50-53-46-12-6-8-14-48(46)55-50/h3-30H,1-2H3. The van der Waals surface area contributed by atoms with Crippen LogP contribution in [0.3, 0.4) is 0 Å². The van der Waals surface area contributed by atoms with Crippen molar-refractivity contribution in [3.63, 3.8) is 0 Å². The molecule has 0 unspecified atom stereocenters. The van der Waals surface area contributed by atoms with Gasteiger partial charge in [-0.1, -0.05) is 123 Å². The summed E-state index contributed by atoms with van der Waals surface area (Å²) in [5, 5.41) is 4.67. The van der Waals surface area contributed by atoms with Gasteiger partial charge in [-0.25, -0.2) is 9.97 Å². The molecule has 1 aliphatic carbocycles. The van der Waals surface area contributed by atoms with Crippen molar-refractivity contribution >= 4 is 53.9 Å². The predicted molar refractivity (Wildman–Crippen MR) is 235 cm³/mol. The highest BCUT2D eigenvalue weighted by molar-refractivity contribution is 7.22. The quantitative estimate of drug-likeness (QED) is 0.176. The van der Waals surface area contributed by atoms with Crippen LogP contribution in [-0.2, 0) is 5.41 Å². The molecule has 10 aromatic rings.